The summed E-state index contributed by atoms with van der Waals surface area (Å²) in [5.41, 5.74) is 0.866. The molecule has 1 aromatic rings. The predicted octanol–water partition coefficient (Wildman–Crippen LogP) is 4.38. The van der Waals surface area contributed by atoms with Gasteiger partial charge in [-0.1, -0.05) is 23.2 Å². The quantitative estimate of drug-likeness (QED) is 0.878. The second kappa shape index (κ2) is 5.25. The van der Waals surface area contributed by atoms with Crippen LogP contribution in [-0.4, -0.2) is 17.3 Å². The van der Waals surface area contributed by atoms with Gasteiger partial charge >= 0.3 is 0 Å². The highest BCUT2D eigenvalue weighted by Gasteiger charge is 2.44. The molecule has 3 rings (SSSR count). The molecule has 1 aliphatic carbocycles. The fourth-order valence-corrected chi connectivity index (χ4v) is 3.82. The van der Waals surface area contributed by atoms with Gasteiger partial charge in [0.25, 0.3) is 0 Å². The minimum Gasteiger partial charge on any atom is -0.388 e. The molecule has 1 saturated carbocycles. The average Bonchev–Trinajstić information content (AvgIpc) is 2.35. The van der Waals surface area contributed by atoms with E-state index in [-0.39, 0.29) is 11.5 Å². The number of hydrogen-bond acceptors (Lipinski definition) is 2. The summed E-state index contributed by atoms with van der Waals surface area (Å²) in [4.78, 5) is 0. The van der Waals surface area contributed by atoms with Crippen molar-refractivity contribution >= 4 is 23.2 Å². The van der Waals surface area contributed by atoms with Crippen LogP contribution in [0, 0.1) is 5.92 Å². The molecule has 2 fully saturated rings. The molecule has 1 spiro atoms. The molecule has 0 radical (unpaired) electrons. The number of hydrogen-bond donors (Lipinski definition) is 1. The van der Waals surface area contributed by atoms with Crippen LogP contribution in [0.25, 0.3) is 0 Å². The Morgan fingerprint density at radius 3 is 2.47 bits per heavy atom. The summed E-state index contributed by atoms with van der Waals surface area (Å²) in [6, 6.07) is 5.30. The zero-order valence-corrected chi connectivity index (χ0v) is 12.3. The van der Waals surface area contributed by atoms with E-state index in [9.17, 15) is 5.11 Å². The van der Waals surface area contributed by atoms with Gasteiger partial charge in [-0.2, -0.15) is 0 Å². The van der Waals surface area contributed by atoms with Crippen LogP contribution in [0.5, 0.6) is 0 Å². The van der Waals surface area contributed by atoms with E-state index in [1.54, 1.807) is 18.2 Å². The predicted molar refractivity (Wildman–Crippen MR) is 76.7 cm³/mol. The van der Waals surface area contributed by atoms with Gasteiger partial charge in [0.2, 0.25) is 0 Å². The molecule has 1 N–H and O–H groups in total. The second-order valence-corrected chi connectivity index (χ2v) is 6.66. The Bertz CT molecular complexity index is 451. The number of rotatable bonds is 2. The van der Waals surface area contributed by atoms with Crippen molar-refractivity contribution < 1.29 is 9.84 Å². The highest BCUT2D eigenvalue weighted by Crippen LogP contribution is 2.47. The van der Waals surface area contributed by atoms with Crippen molar-refractivity contribution in [2.24, 2.45) is 5.92 Å². The van der Waals surface area contributed by atoms with Gasteiger partial charge in [0, 0.05) is 16.7 Å². The van der Waals surface area contributed by atoms with Crippen molar-refractivity contribution in [1.29, 1.82) is 0 Å². The molecule has 2 nitrogen and oxygen atoms in total. The van der Waals surface area contributed by atoms with E-state index >= 15 is 0 Å². The number of benzene rings is 1. The monoisotopic (exact) mass is 300 g/mol. The molecule has 104 valence electrons. The fourth-order valence-electron chi connectivity index (χ4n) is 3.27. The van der Waals surface area contributed by atoms with Gasteiger partial charge in [-0.05, 0) is 61.8 Å². The number of halogens is 2. The van der Waals surface area contributed by atoms with E-state index in [4.69, 9.17) is 27.9 Å². The molecule has 1 saturated heterocycles. The van der Waals surface area contributed by atoms with Crippen molar-refractivity contribution in [3.05, 3.63) is 33.8 Å². The van der Waals surface area contributed by atoms with Crippen molar-refractivity contribution in [1.82, 2.24) is 0 Å². The molecule has 2 atom stereocenters. The second-order valence-electron chi connectivity index (χ2n) is 5.79. The lowest BCUT2D eigenvalue weighted by molar-refractivity contribution is -0.157. The highest BCUT2D eigenvalue weighted by atomic mass is 35.5. The minimum atomic E-state index is -0.502. The Morgan fingerprint density at radius 2 is 1.89 bits per heavy atom. The van der Waals surface area contributed by atoms with Gasteiger partial charge < -0.3 is 9.84 Å². The Balaban J connectivity index is 1.77. The van der Waals surface area contributed by atoms with Crippen molar-refractivity contribution in [3.8, 4) is 0 Å². The van der Waals surface area contributed by atoms with Gasteiger partial charge in [0.15, 0.2) is 0 Å². The number of aliphatic hydroxyl groups is 1. The summed E-state index contributed by atoms with van der Waals surface area (Å²) >= 11 is 12.0. The molecule has 1 heterocycles. The van der Waals surface area contributed by atoms with Crippen LogP contribution >= 0.6 is 23.2 Å². The largest absolute Gasteiger partial charge is 0.388 e. The summed E-state index contributed by atoms with van der Waals surface area (Å²) < 4.78 is 5.90. The number of ether oxygens (including phenoxy) is 1. The third-order valence-corrected chi connectivity index (χ3v) is 4.91. The summed E-state index contributed by atoms with van der Waals surface area (Å²) in [5.74, 6) is 0.239. The van der Waals surface area contributed by atoms with E-state index in [1.807, 2.05) is 0 Å². The van der Waals surface area contributed by atoms with E-state index in [1.165, 1.54) is 6.42 Å². The van der Waals surface area contributed by atoms with E-state index in [0.29, 0.717) is 10.0 Å². The van der Waals surface area contributed by atoms with E-state index < -0.39 is 6.10 Å². The van der Waals surface area contributed by atoms with Gasteiger partial charge in [-0.3, -0.25) is 0 Å². The normalized spacial score (nSPS) is 27.0. The van der Waals surface area contributed by atoms with Crippen LogP contribution in [0.1, 0.15) is 43.8 Å². The molecule has 4 heteroatoms. The Kier molecular flexibility index (Phi) is 3.78. The van der Waals surface area contributed by atoms with Crippen LogP contribution in [0.3, 0.4) is 0 Å². The van der Waals surface area contributed by atoms with Crippen LogP contribution in [-0.2, 0) is 4.74 Å². The molecule has 1 aromatic carbocycles. The molecule has 2 unspecified atom stereocenters. The standard InChI is InChI=1S/C15H18Cl2O2/c16-12-6-11(7-13(17)8-12)14(18)10-2-5-19-15(9-10)3-1-4-15/h6-8,10,14,18H,1-5,9H2. The molecule has 19 heavy (non-hydrogen) atoms. The van der Waals surface area contributed by atoms with Crippen molar-refractivity contribution in [2.75, 3.05) is 6.61 Å². The topological polar surface area (TPSA) is 29.5 Å². The first kappa shape index (κ1) is 13.7. The lowest BCUT2D eigenvalue weighted by Gasteiger charge is -2.48. The summed E-state index contributed by atoms with van der Waals surface area (Å²) in [6.45, 7) is 0.746. The summed E-state index contributed by atoms with van der Waals surface area (Å²) in [7, 11) is 0. The Labute approximate surface area is 123 Å². The first-order chi connectivity index (χ1) is 9.08. The van der Waals surface area contributed by atoms with Gasteiger partial charge in [-0.15, -0.1) is 0 Å². The molecule has 0 bridgehead atoms. The lowest BCUT2D eigenvalue weighted by atomic mass is 9.70. The van der Waals surface area contributed by atoms with Crippen LogP contribution in [0.4, 0.5) is 0 Å². The first-order valence-electron chi connectivity index (χ1n) is 6.86. The SMILES string of the molecule is OC(c1cc(Cl)cc(Cl)c1)C1CCOC2(CCC2)C1. The van der Waals surface area contributed by atoms with E-state index in [0.717, 1.165) is 37.9 Å². The molecular formula is C15H18Cl2O2. The van der Waals surface area contributed by atoms with Crippen LogP contribution < -0.4 is 0 Å². The smallest absolute Gasteiger partial charge is 0.0821 e. The average molecular weight is 301 g/mol. The maximum atomic E-state index is 10.6. The Hall–Kier alpha value is -0.280. The first-order valence-corrected chi connectivity index (χ1v) is 7.62. The fraction of sp³-hybridized carbons (Fsp3) is 0.600. The molecule has 2 aliphatic rings. The molecule has 0 amide bonds. The van der Waals surface area contributed by atoms with Gasteiger partial charge in [0.05, 0.1) is 11.7 Å². The minimum absolute atomic E-state index is 0.0479. The van der Waals surface area contributed by atoms with Crippen molar-refractivity contribution in [3.63, 3.8) is 0 Å². The van der Waals surface area contributed by atoms with Gasteiger partial charge in [-0.25, -0.2) is 0 Å². The zero-order valence-electron chi connectivity index (χ0n) is 10.7. The summed E-state index contributed by atoms with van der Waals surface area (Å²) in [6.07, 6.45) is 4.84. The zero-order chi connectivity index (χ0) is 13.5. The third kappa shape index (κ3) is 2.78. The third-order valence-electron chi connectivity index (χ3n) is 4.47. The molecular weight excluding hydrogens is 283 g/mol. The highest BCUT2D eigenvalue weighted by molar-refractivity contribution is 6.34. The molecule has 0 aromatic heterocycles. The Morgan fingerprint density at radius 1 is 1.21 bits per heavy atom. The van der Waals surface area contributed by atoms with Crippen LogP contribution in [0.2, 0.25) is 10.0 Å². The maximum Gasteiger partial charge on any atom is 0.0821 e. The summed E-state index contributed by atoms with van der Waals surface area (Å²) in [5, 5.41) is 11.7. The lowest BCUT2D eigenvalue weighted by Crippen LogP contribution is -2.46. The van der Waals surface area contributed by atoms with Crippen molar-refractivity contribution in [2.45, 2.75) is 43.8 Å². The molecule has 1 aliphatic heterocycles. The van der Waals surface area contributed by atoms with Crippen LogP contribution in [0.15, 0.2) is 18.2 Å². The maximum absolute atomic E-state index is 10.6. The number of aliphatic hydroxyl groups excluding tert-OH is 1. The van der Waals surface area contributed by atoms with Gasteiger partial charge in [0.1, 0.15) is 0 Å². The van der Waals surface area contributed by atoms with E-state index in [2.05, 4.69) is 0 Å².